The van der Waals surface area contributed by atoms with Crippen molar-refractivity contribution in [2.75, 3.05) is 6.61 Å². The summed E-state index contributed by atoms with van der Waals surface area (Å²) in [4.78, 5) is 3.68. The van der Waals surface area contributed by atoms with Gasteiger partial charge in [0.15, 0.2) is 12.4 Å². The number of hydrogen-bond acceptors (Lipinski definition) is 2. The van der Waals surface area contributed by atoms with Gasteiger partial charge in [-0.15, -0.1) is 0 Å². The molecule has 0 saturated carbocycles. The van der Waals surface area contributed by atoms with Gasteiger partial charge in [-0.1, -0.05) is 0 Å². The monoisotopic (exact) mass is 83.0 g/mol. The fourth-order valence-electron chi connectivity index (χ4n) is 0.313. The van der Waals surface area contributed by atoms with Gasteiger partial charge in [0.2, 0.25) is 0 Å². The summed E-state index contributed by atoms with van der Waals surface area (Å²) in [5, 5.41) is 0. The zero-order chi connectivity index (χ0) is 4.41. The van der Waals surface area contributed by atoms with E-state index in [4.69, 9.17) is 4.74 Å². The molecule has 1 heterocycles. The zero-order valence-corrected chi connectivity index (χ0v) is 3.56. The average molecular weight is 83.1 g/mol. The molecule has 0 bridgehead atoms. The minimum Gasteiger partial charge on any atom is -0.478 e. The van der Waals surface area contributed by atoms with Crippen LogP contribution in [0.1, 0.15) is 6.92 Å². The molecule has 0 amide bonds. The van der Waals surface area contributed by atoms with E-state index in [1.807, 2.05) is 0 Å². The highest BCUT2D eigenvalue weighted by Crippen LogP contribution is 1.94. The van der Waals surface area contributed by atoms with Crippen molar-refractivity contribution in [2.24, 2.45) is 4.99 Å². The molecule has 0 aromatic heterocycles. The van der Waals surface area contributed by atoms with E-state index in [0.717, 1.165) is 5.90 Å². The molecule has 0 saturated heterocycles. The van der Waals surface area contributed by atoms with Crippen LogP contribution < -0.4 is 0 Å². The molecule has 0 aromatic rings. The molecule has 0 atom stereocenters. The number of nitrogens with zero attached hydrogens (tertiary/aromatic N) is 1. The second kappa shape index (κ2) is 1.29. The van der Waals surface area contributed by atoms with Crippen LogP contribution in [0.2, 0.25) is 0 Å². The molecule has 0 fully saturated rings. The Morgan fingerprint density at radius 1 is 2.00 bits per heavy atom. The Morgan fingerprint density at radius 2 is 2.83 bits per heavy atom. The summed E-state index contributed by atoms with van der Waals surface area (Å²) in [5.74, 6) is 0.718. The topological polar surface area (TPSA) is 21.6 Å². The zero-order valence-electron chi connectivity index (χ0n) is 3.56. The Bertz CT molecular complexity index is 77.6. The minimum atomic E-state index is 0.534. The van der Waals surface area contributed by atoms with Crippen LogP contribution in [0.4, 0.5) is 0 Å². The van der Waals surface area contributed by atoms with Gasteiger partial charge in [-0.05, 0) is 0 Å². The van der Waals surface area contributed by atoms with Crippen LogP contribution in [0, 0.1) is 6.54 Å². The summed E-state index contributed by atoms with van der Waals surface area (Å²) in [6.07, 6.45) is 0. The van der Waals surface area contributed by atoms with E-state index in [9.17, 15) is 0 Å². The molecule has 0 unspecified atom stereocenters. The number of rotatable bonds is 0. The minimum absolute atomic E-state index is 0.534. The lowest BCUT2D eigenvalue weighted by Gasteiger charge is -1.85. The molecule has 0 aliphatic carbocycles. The highest BCUT2D eigenvalue weighted by molar-refractivity contribution is 5.74. The van der Waals surface area contributed by atoms with E-state index in [2.05, 4.69) is 11.5 Å². The van der Waals surface area contributed by atoms with E-state index in [1.54, 1.807) is 6.92 Å². The first kappa shape index (κ1) is 3.65. The number of aliphatic imine (C=N–C) groups is 1. The summed E-state index contributed by atoms with van der Waals surface area (Å²) < 4.78 is 4.79. The van der Waals surface area contributed by atoms with Crippen molar-refractivity contribution in [3.05, 3.63) is 6.54 Å². The maximum Gasteiger partial charge on any atom is 0.180 e. The third-order valence-corrected chi connectivity index (χ3v) is 0.582. The van der Waals surface area contributed by atoms with Crippen LogP contribution in [0.15, 0.2) is 4.99 Å². The second-order valence-corrected chi connectivity index (χ2v) is 1.08. The van der Waals surface area contributed by atoms with Crippen LogP contribution in [-0.4, -0.2) is 12.5 Å². The largest absolute Gasteiger partial charge is 0.478 e. The Hall–Kier alpha value is -0.530. The molecular weight excluding hydrogens is 78.0 g/mol. The van der Waals surface area contributed by atoms with Gasteiger partial charge in [-0.2, -0.15) is 0 Å². The van der Waals surface area contributed by atoms with Gasteiger partial charge in [0.25, 0.3) is 0 Å². The first-order valence-electron chi connectivity index (χ1n) is 1.79. The maximum atomic E-state index is 4.79. The standard InChI is InChI=1S/C4H5NO/c1-4-5-2-3-6-4/h3H2,1H3. The number of hydrogen-bond donors (Lipinski definition) is 0. The van der Waals surface area contributed by atoms with E-state index in [1.165, 1.54) is 0 Å². The van der Waals surface area contributed by atoms with E-state index < -0.39 is 0 Å². The van der Waals surface area contributed by atoms with Crippen molar-refractivity contribution in [3.8, 4) is 0 Å². The van der Waals surface area contributed by atoms with Crippen molar-refractivity contribution >= 4 is 5.90 Å². The van der Waals surface area contributed by atoms with Gasteiger partial charge in [-0.3, -0.25) is 0 Å². The lowest BCUT2D eigenvalue weighted by Crippen LogP contribution is -1.88. The van der Waals surface area contributed by atoms with Gasteiger partial charge in [0.05, 0.1) is 0 Å². The molecule has 32 valence electrons. The quantitative estimate of drug-likeness (QED) is 0.417. The third-order valence-electron chi connectivity index (χ3n) is 0.582. The second-order valence-electron chi connectivity index (χ2n) is 1.08. The van der Waals surface area contributed by atoms with Gasteiger partial charge in [0.1, 0.15) is 6.61 Å². The van der Waals surface area contributed by atoms with Crippen LogP contribution >= 0.6 is 0 Å². The lowest BCUT2D eigenvalue weighted by atomic mass is 10.8. The highest BCUT2D eigenvalue weighted by atomic mass is 16.5. The summed E-state index contributed by atoms with van der Waals surface area (Å²) in [6, 6.07) is 0. The molecule has 2 nitrogen and oxygen atoms in total. The molecule has 1 aliphatic heterocycles. The van der Waals surface area contributed by atoms with Crippen LogP contribution in [0.25, 0.3) is 0 Å². The Kier molecular flexibility index (Phi) is 0.783. The Labute approximate surface area is 36.8 Å². The van der Waals surface area contributed by atoms with Crippen molar-refractivity contribution in [1.82, 2.24) is 0 Å². The average Bonchev–Trinajstić information content (AvgIpc) is 1.86. The molecule has 2 radical (unpaired) electrons. The van der Waals surface area contributed by atoms with Crippen molar-refractivity contribution in [1.29, 1.82) is 0 Å². The van der Waals surface area contributed by atoms with Gasteiger partial charge in [-0.25, -0.2) is 4.99 Å². The normalized spacial score (nSPS) is 19.8. The smallest absolute Gasteiger partial charge is 0.180 e. The van der Waals surface area contributed by atoms with E-state index in [-0.39, 0.29) is 0 Å². The summed E-state index contributed by atoms with van der Waals surface area (Å²) in [5.41, 5.74) is 0. The Balaban J connectivity index is 2.45. The van der Waals surface area contributed by atoms with E-state index in [0.29, 0.717) is 6.61 Å². The molecular formula is C4H5NO. The molecule has 2 heteroatoms. The molecule has 0 N–H and O–H groups in total. The maximum absolute atomic E-state index is 4.79. The molecule has 0 spiro atoms. The lowest BCUT2D eigenvalue weighted by molar-refractivity contribution is 0.358. The molecule has 6 heavy (non-hydrogen) atoms. The predicted octanol–water partition coefficient (Wildman–Crippen LogP) is 0.474. The predicted molar refractivity (Wildman–Crippen MR) is 22.3 cm³/mol. The molecule has 1 aliphatic rings. The summed E-state index contributed by atoms with van der Waals surface area (Å²) >= 11 is 0. The third kappa shape index (κ3) is 0.506. The number of ether oxygens (including phenoxy) is 1. The first-order chi connectivity index (χ1) is 2.89. The van der Waals surface area contributed by atoms with Crippen LogP contribution in [0.5, 0.6) is 0 Å². The fourth-order valence-corrected chi connectivity index (χ4v) is 0.313. The summed E-state index contributed by atoms with van der Waals surface area (Å²) in [7, 11) is 0. The van der Waals surface area contributed by atoms with Gasteiger partial charge < -0.3 is 4.74 Å². The summed E-state index contributed by atoms with van der Waals surface area (Å²) in [6.45, 7) is 4.98. The van der Waals surface area contributed by atoms with Crippen LogP contribution in [0.3, 0.4) is 0 Å². The first-order valence-corrected chi connectivity index (χ1v) is 1.79. The molecule has 1 rings (SSSR count). The SMILES string of the molecule is CC1=N[C]CO1. The highest BCUT2D eigenvalue weighted by Gasteiger charge is 1.98. The fraction of sp³-hybridized carbons (Fsp3) is 0.500. The van der Waals surface area contributed by atoms with Crippen molar-refractivity contribution in [2.45, 2.75) is 6.92 Å². The van der Waals surface area contributed by atoms with Gasteiger partial charge >= 0.3 is 0 Å². The van der Waals surface area contributed by atoms with E-state index >= 15 is 0 Å². The van der Waals surface area contributed by atoms with Crippen molar-refractivity contribution < 1.29 is 4.74 Å². The van der Waals surface area contributed by atoms with Crippen LogP contribution in [-0.2, 0) is 4.74 Å². The van der Waals surface area contributed by atoms with Crippen molar-refractivity contribution in [3.63, 3.8) is 0 Å². The Morgan fingerprint density at radius 3 is 3.00 bits per heavy atom. The molecule has 0 aromatic carbocycles. The van der Waals surface area contributed by atoms with Gasteiger partial charge in [0, 0.05) is 6.92 Å².